The number of rotatable bonds is 4. The zero-order valence-corrected chi connectivity index (χ0v) is 9.37. The molecule has 0 amide bonds. The number of carbonyl (C=O) groups is 1. The van der Waals surface area contributed by atoms with E-state index < -0.39 is 5.97 Å². The molecular weight excluding hydrogens is 234 g/mol. The fourth-order valence-corrected chi connectivity index (χ4v) is 1.35. The van der Waals surface area contributed by atoms with Gasteiger partial charge in [-0.1, -0.05) is 0 Å². The molecule has 0 atom stereocenters. The highest BCUT2D eigenvalue weighted by molar-refractivity contribution is 5.94. The molecule has 2 aromatic rings. The third kappa shape index (κ3) is 2.70. The number of nitrogens with one attached hydrogen (secondary N) is 1. The van der Waals surface area contributed by atoms with Crippen LogP contribution >= 0.6 is 0 Å². The van der Waals surface area contributed by atoms with Crippen LogP contribution in [0.3, 0.4) is 0 Å². The summed E-state index contributed by atoms with van der Waals surface area (Å²) in [5, 5.41) is 11.9. The second kappa shape index (κ2) is 5.09. The molecule has 0 fully saturated rings. The summed E-state index contributed by atoms with van der Waals surface area (Å²) in [6, 6.07) is 3.14. The Morgan fingerprint density at radius 3 is 2.94 bits per heavy atom. The smallest absolute Gasteiger partial charge is 0.337 e. The second-order valence-electron chi connectivity index (χ2n) is 3.52. The summed E-state index contributed by atoms with van der Waals surface area (Å²) in [4.78, 5) is 22.7. The third-order valence-corrected chi connectivity index (χ3v) is 2.26. The van der Waals surface area contributed by atoms with E-state index >= 15 is 0 Å². The van der Waals surface area contributed by atoms with Crippen molar-refractivity contribution in [3.8, 4) is 0 Å². The fraction of sp³-hybridized carbons (Fsp3) is 0.0909. The number of carboxylic acids is 1. The van der Waals surface area contributed by atoms with Crippen molar-refractivity contribution in [2.24, 2.45) is 0 Å². The van der Waals surface area contributed by atoms with Gasteiger partial charge in [0.05, 0.1) is 29.7 Å². The van der Waals surface area contributed by atoms with E-state index in [1.54, 1.807) is 12.3 Å². The van der Waals surface area contributed by atoms with Crippen LogP contribution in [0.1, 0.15) is 16.1 Å². The van der Waals surface area contributed by atoms with Crippen LogP contribution in [0.15, 0.2) is 30.9 Å². The number of hydrogen-bond donors (Lipinski definition) is 3. The minimum atomic E-state index is -1.08. The lowest BCUT2D eigenvalue weighted by Crippen LogP contribution is -2.07. The summed E-state index contributed by atoms with van der Waals surface area (Å²) in [7, 11) is 0. The van der Waals surface area contributed by atoms with Gasteiger partial charge < -0.3 is 16.2 Å². The Kier molecular flexibility index (Phi) is 3.33. The fourth-order valence-electron chi connectivity index (χ4n) is 1.35. The molecule has 0 bridgehead atoms. The van der Waals surface area contributed by atoms with Crippen molar-refractivity contribution in [2.75, 3.05) is 11.1 Å². The first-order chi connectivity index (χ1) is 8.66. The Labute approximate surface area is 103 Å². The number of nitrogens with two attached hydrogens (primary N) is 1. The van der Waals surface area contributed by atoms with Crippen molar-refractivity contribution in [1.29, 1.82) is 0 Å². The quantitative estimate of drug-likeness (QED) is 0.728. The van der Waals surface area contributed by atoms with Crippen LogP contribution in [0, 0.1) is 0 Å². The number of aromatic nitrogens is 3. The topological polar surface area (TPSA) is 114 Å². The van der Waals surface area contributed by atoms with Crippen LogP contribution in [0.25, 0.3) is 0 Å². The Morgan fingerprint density at radius 2 is 2.28 bits per heavy atom. The van der Waals surface area contributed by atoms with E-state index in [9.17, 15) is 4.79 Å². The van der Waals surface area contributed by atoms with Gasteiger partial charge in [-0.2, -0.15) is 0 Å². The molecule has 0 spiro atoms. The van der Waals surface area contributed by atoms with Crippen LogP contribution in [0.2, 0.25) is 0 Å². The first kappa shape index (κ1) is 11.8. The Balaban J connectivity index is 2.11. The van der Waals surface area contributed by atoms with E-state index in [0.717, 1.165) is 5.69 Å². The minimum absolute atomic E-state index is 0.0233. The summed E-state index contributed by atoms with van der Waals surface area (Å²) in [6.07, 6.45) is 4.38. The van der Waals surface area contributed by atoms with Crippen molar-refractivity contribution >= 4 is 17.5 Å². The predicted molar refractivity (Wildman–Crippen MR) is 65.0 cm³/mol. The zero-order valence-electron chi connectivity index (χ0n) is 9.37. The van der Waals surface area contributed by atoms with Gasteiger partial charge in [0.25, 0.3) is 0 Å². The highest BCUT2D eigenvalue weighted by Gasteiger charge is 2.09. The molecule has 0 saturated heterocycles. The molecule has 7 heteroatoms. The molecule has 18 heavy (non-hydrogen) atoms. The third-order valence-electron chi connectivity index (χ3n) is 2.26. The number of carboxylic acid groups (broad SMARTS) is 1. The lowest BCUT2D eigenvalue weighted by atomic mass is 10.2. The summed E-state index contributed by atoms with van der Waals surface area (Å²) < 4.78 is 0. The number of pyridine rings is 1. The molecule has 0 unspecified atom stereocenters. The Hall–Kier alpha value is -2.70. The average Bonchev–Trinajstić information content (AvgIpc) is 2.38. The van der Waals surface area contributed by atoms with Crippen LogP contribution < -0.4 is 11.1 Å². The van der Waals surface area contributed by atoms with Gasteiger partial charge in [-0.05, 0) is 12.1 Å². The number of nitrogens with zero attached hydrogens (tertiary/aromatic N) is 3. The maximum atomic E-state index is 10.9. The maximum absolute atomic E-state index is 10.9. The summed E-state index contributed by atoms with van der Waals surface area (Å²) in [6.45, 7) is 0.429. The SMILES string of the molecule is Nc1cnc(NCc2ccncn2)cc1C(=O)O. The molecule has 0 saturated carbocycles. The number of hydrogen-bond acceptors (Lipinski definition) is 6. The first-order valence-corrected chi connectivity index (χ1v) is 5.14. The molecule has 4 N–H and O–H groups in total. The molecule has 2 rings (SSSR count). The molecular formula is C11H11N5O2. The standard InChI is InChI=1S/C11H11N5O2/c12-9-5-15-10(3-8(9)11(17)18)14-4-7-1-2-13-6-16-7/h1-3,5-6H,4,12H2,(H,14,15)(H,17,18). The van der Waals surface area contributed by atoms with Gasteiger partial charge >= 0.3 is 5.97 Å². The zero-order chi connectivity index (χ0) is 13.0. The van der Waals surface area contributed by atoms with E-state index in [4.69, 9.17) is 10.8 Å². The maximum Gasteiger partial charge on any atom is 0.337 e. The van der Waals surface area contributed by atoms with Gasteiger partial charge in [0, 0.05) is 6.20 Å². The number of anilines is 2. The molecule has 2 aromatic heterocycles. The first-order valence-electron chi connectivity index (χ1n) is 5.14. The number of nitrogen functional groups attached to an aromatic ring is 1. The van der Waals surface area contributed by atoms with Crippen molar-refractivity contribution in [3.05, 3.63) is 42.1 Å². The summed E-state index contributed by atoms with van der Waals surface area (Å²) in [5.41, 5.74) is 6.44. The van der Waals surface area contributed by atoms with E-state index in [0.29, 0.717) is 12.4 Å². The molecule has 0 radical (unpaired) electrons. The highest BCUT2D eigenvalue weighted by Crippen LogP contribution is 2.15. The molecule has 0 aliphatic carbocycles. The van der Waals surface area contributed by atoms with Gasteiger partial charge in [-0.3, -0.25) is 0 Å². The molecule has 0 aromatic carbocycles. The van der Waals surface area contributed by atoms with Crippen molar-refractivity contribution in [2.45, 2.75) is 6.54 Å². The van der Waals surface area contributed by atoms with Crippen molar-refractivity contribution < 1.29 is 9.90 Å². The molecule has 2 heterocycles. The van der Waals surface area contributed by atoms with Crippen LogP contribution in [-0.2, 0) is 6.54 Å². The highest BCUT2D eigenvalue weighted by atomic mass is 16.4. The van der Waals surface area contributed by atoms with E-state index in [-0.39, 0.29) is 11.3 Å². The van der Waals surface area contributed by atoms with Gasteiger partial charge in [0.2, 0.25) is 0 Å². The Bertz CT molecular complexity index is 559. The van der Waals surface area contributed by atoms with Gasteiger partial charge in [0.15, 0.2) is 0 Å². The predicted octanol–water partition coefficient (Wildman–Crippen LogP) is 0.764. The second-order valence-corrected chi connectivity index (χ2v) is 3.52. The molecule has 0 aliphatic heterocycles. The van der Waals surface area contributed by atoms with Gasteiger partial charge in [0.1, 0.15) is 12.1 Å². The monoisotopic (exact) mass is 245 g/mol. The molecule has 92 valence electrons. The van der Waals surface area contributed by atoms with Crippen LogP contribution in [-0.4, -0.2) is 26.0 Å². The van der Waals surface area contributed by atoms with Gasteiger partial charge in [-0.25, -0.2) is 19.7 Å². The summed E-state index contributed by atoms with van der Waals surface area (Å²) in [5.74, 6) is -0.653. The minimum Gasteiger partial charge on any atom is -0.478 e. The van der Waals surface area contributed by atoms with E-state index in [1.165, 1.54) is 18.6 Å². The van der Waals surface area contributed by atoms with Crippen molar-refractivity contribution in [1.82, 2.24) is 15.0 Å². The molecule has 0 aliphatic rings. The van der Waals surface area contributed by atoms with E-state index in [2.05, 4.69) is 20.3 Å². The lowest BCUT2D eigenvalue weighted by Gasteiger charge is -2.07. The average molecular weight is 245 g/mol. The normalized spacial score (nSPS) is 10.0. The van der Waals surface area contributed by atoms with Gasteiger partial charge in [-0.15, -0.1) is 0 Å². The van der Waals surface area contributed by atoms with Crippen LogP contribution in [0.4, 0.5) is 11.5 Å². The van der Waals surface area contributed by atoms with Crippen LogP contribution in [0.5, 0.6) is 0 Å². The summed E-state index contributed by atoms with van der Waals surface area (Å²) >= 11 is 0. The largest absolute Gasteiger partial charge is 0.478 e. The Morgan fingerprint density at radius 1 is 1.44 bits per heavy atom. The lowest BCUT2D eigenvalue weighted by molar-refractivity contribution is 0.0698. The van der Waals surface area contributed by atoms with E-state index in [1.807, 2.05) is 0 Å². The van der Waals surface area contributed by atoms with Crippen molar-refractivity contribution in [3.63, 3.8) is 0 Å². The number of aromatic carboxylic acids is 1. The molecule has 7 nitrogen and oxygen atoms in total.